The summed E-state index contributed by atoms with van der Waals surface area (Å²) in [4.78, 5) is 2.36. The second kappa shape index (κ2) is 12.2. The van der Waals surface area contributed by atoms with E-state index >= 15 is 0 Å². The lowest BCUT2D eigenvalue weighted by Crippen LogP contribution is -2.09. The summed E-state index contributed by atoms with van der Waals surface area (Å²) in [6, 6.07) is 61.5. The Bertz CT molecular complexity index is 2490. The van der Waals surface area contributed by atoms with Crippen LogP contribution in [0, 0.1) is 0 Å². The minimum absolute atomic E-state index is 0.438. The Kier molecular flexibility index (Phi) is 7.21. The lowest BCUT2D eigenvalue weighted by atomic mass is 9.87. The van der Waals surface area contributed by atoms with Crippen molar-refractivity contribution >= 4 is 44.8 Å². The van der Waals surface area contributed by atoms with Crippen LogP contribution in [-0.4, -0.2) is 4.57 Å². The monoisotopic (exact) mass is 628 g/mol. The fourth-order valence-corrected chi connectivity index (χ4v) is 7.68. The van der Waals surface area contributed by atoms with E-state index < -0.39 is 0 Å². The van der Waals surface area contributed by atoms with Crippen LogP contribution in [0.15, 0.2) is 176 Å². The summed E-state index contributed by atoms with van der Waals surface area (Å²) in [5.41, 5.74) is 13.5. The standard InChI is InChI=1S/C47H36N2/c1-33-14-10-26-44-46(33)47-43(25-13-27-45(47)49(44)40-22-6-3-7-23-40)38-19-11-17-35(30-38)37-18-12-24-41(32-37)48(39-20-4-2-5-21-39)42-29-28-34-15-8-9-16-36(34)31-42/h2-13,15-33H,14H2,1H3. The highest BCUT2D eigenvalue weighted by molar-refractivity contribution is 6.02. The number of anilines is 3. The van der Waals surface area contributed by atoms with E-state index in [4.69, 9.17) is 0 Å². The van der Waals surface area contributed by atoms with E-state index in [-0.39, 0.29) is 0 Å². The van der Waals surface area contributed by atoms with Gasteiger partial charge in [-0.1, -0.05) is 122 Å². The summed E-state index contributed by atoms with van der Waals surface area (Å²) in [6.07, 6.45) is 5.70. The summed E-state index contributed by atoms with van der Waals surface area (Å²) >= 11 is 0. The summed E-state index contributed by atoms with van der Waals surface area (Å²) in [5.74, 6) is 0.438. The van der Waals surface area contributed by atoms with Crippen LogP contribution < -0.4 is 4.90 Å². The molecule has 234 valence electrons. The Morgan fingerprint density at radius 3 is 2.02 bits per heavy atom. The maximum atomic E-state index is 2.44. The lowest BCUT2D eigenvalue weighted by Gasteiger charge is -2.26. The minimum Gasteiger partial charge on any atom is -0.310 e. The number of rotatable bonds is 6. The molecule has 2 nitrogen and oxygen atoms in total. The molecule has 1 aromatic heterocycles. The molecule has 0 amide bonds. The highest BCUT2D eigenvalue weighted by Crippen LogP contribution is 2.44. The van der Waals surface area contributed by atoms with Crippen LogP contribution in [0.3, 0.4) is 0 Å². The second-order valence-corrected chi connectivity index (χ2v) is 13.0. The number of nitrogens with zero attached hydrogens (tertiary/aromatic N) is 2. The summed E-state index contributed by atoms with van der Waals surface area (Å²) in [7, 11) is 0. The summed E-state index contributed by atoms with van der Waals surface area (Å²) in [5, 5.41) is 3.83. The van der Waals surface area contributed by atoms with Gasteiger partial charge in [0.05, 0.1) is 11.2 Å². The zero-order valence-electron chi connectivity index (χ0n) is 27.5. The quantitative estimate of drug-likeness (QED) is 0.178. The zero-order chi connectivity index (χ0) is 32.7. The van der Waals surface area contributed by atoms with Gasteiger partial charge in [-0.05, 0) is 118 Å². The molecule has 0 radical (unpaired) electrons. The van der Waals surface area contributed by atoms with Gasteiger partial charge < -0.3 is 9.47 Å². The lowest BCUT2D eigenvalue weighted by molar-refractivity contribution is 0.773. The molecule has 0 aliphatic heterocycles. The molecule has 2 heteroatoms. The third-order valence-electron chi connectivity index (χ3n) is 9.96. The third kappa shape index (κ3) is 5.14. The molecule has 8 aromatic rings. The maximum Gasteiger partial charge on any atom is 0.0544 e. The van der Waals surface area contributed by atoms with Gasteiger partial charge in [0.1, 0.15) is 0 Å². The maximum absolute atomic E-state index is 2.44. The van der Waals surface area contributed by atoms with Gasteiger partial charge in [-0.25, -0.2) is 0 Å². The SMILES string of the molecule is CC1CC=Cc2c1c1c(-c3cccc(-c4cccc(N(c5ccccc5)c5ccc6ccccc6c5)c4)c3)cccc1n2-c1ccccc1. The summed E-state index contributed by atoms with van der Waals surface area (Å²) < 4.78 is 2.44. The number of para-hydroxylation sites is 2. The number of allylic oxidation sites excluding steroid dienone is 1. The van der Waals surface area contributed by atoms with E-state index in [1.165, 1.54) is 60.9 Å². The van der Waals surface area contributed by atoms with Crippen molar-refractivity contribution in [3.8, 4) is 27.9 Å². The van der Waals surface area contributed by atoms with E-state index in [1.54, 1.807) is 0 Å². The molecule has 0 saturated carbocycles. The first-order chi connectivity index (χ1) is 24.2. The van der Waals surface area contributed by atoms with Crippen molar-refractivity contribution in [2.24, 2.45) is 0 Å². The zero-order valence-corrected chi connectivity index (χ0v) is 27.5. The molecule has 1 aliphatic carbocycles. The van der Waals surface area contributed by atoms with E-state index in [1.807, 2.05) is 0 Å². The molecule has 0 N–H and O–H groups in total. The molecule has 1 unspecified atom stereocenters. The first-order valence-corrected chi connectivity index (χ1v) is 17.2. The number of hydrogen-bond acceptors (Lipinski definition) is 1. The van der Waals surface area contributed by atoms with Crippen molar-refractivity contribution < 1.29 is 0 Å². The smallest absolute Gasteiger partial charge is 0.0544 e. The molecule has 1 heterocycles. The molecule has 9 rings (SSSR count). The largest absolute Gasteiger partial charge is 0.310 e. The van der Waals surface area contributed by atoms with Crippen molar-refractivity contribution in [1.82, 2.24) is 4.57 Å². The van der Waals surface area contributed by atoms with Crippen molar-refractivity contribution in [2.45, 2.75) is 19.3 Å². The van der Waals surface area contributed by atoms with Crippen LogP contribution in [0.2, 0.25) is 0 Å². The van der Waals surface area contributed by atoms with E-state index in [0.717, 1.165) is 23.5 Å². The molecule has 49 heavy (non-hydrogen) atoms. The van der Waals surface area contributed by atoms with Crippen LogP contribution in [0.1, 0.15) is 30.5 Å². The van der Waals surface area contributed by atoms with Crippen LogP contribution in [0.25, 0.3) is 55.7 Å². The van der Waals surface area contributed by atoms with Gasteiger partial charge in [0, 0.05) is 28.1 Å². The van der Waals surface area contributed by atoms with Crippen molar-refractivity contribution in [2.75, 3.05) is 4.90 Å². The van der Waals surface area contributed by atoms with E-state index in [9.17, 15) is 0 Å². The molecular weight excluding hydrogens is 593 g/mol. The Morgan fingerprint density at radius 1 is 0.531 bits per heavy atom. The summed E-state index contributed by atoms with van der Waals surface area (Å²) in [6.45, 7) is 2.36. The Morgan fingerprint density at radius 2 is 1.18 bits per heavy atom. The van der Waals surface area contributed by atoms with Crippen LogP contribution in [-0.2, 0) is 0 Å². The van der Waals surface area contributed by atoms with Gasteiger partial charge in [-0.3, -0.25) is 0 Å². The number of benzene rings is 7. The Hall–Kier alpha value is -6.12. The van der Waals surface area contributed by atoms with Gasteiger partial charge in [0.25, 0.3) is 0 Å². The van der Waals surface area contributed by atoms with Crippen molar-refractivity contribution in [3.63, 3.8) is 0 Å². The van der Waals surface area contributed by atoms with Crippen LogP contribution in [0.5, 0.6) is 0 Å². The first-order valence-electron chi connectivity index (χ1n) is 17.2. The molecule has 0 fully saturated rings. The normalized spacial score (nSPS) is 13.9. The molecule has 0 bridgehead atoms. The molecule has 1 atom stereocenters. The fraction of sp³-hybridized carbons (Fsp3) is 0.0638. The molecule has 0 spiro atoms. The number of aromatic nitrogens is 1. The highest BCUT2D eigenvalue weighted by Gasteiger charge is 2.25. The highest BCUT2D eigenvalue weighted by atomic mass is 15.1. The van der Waals surface area contributed by atoms with Gasteiger partial charge >= 0.3 is 0 Å². The second-order valence-electron chi connectivity index (χ2n) is 13.0. The van der Waals surface area contributed by atoms with Crippen molar-refractivity contribution in [1.29, 1.82) is 0 Å². The van der Waals surface area contributed by atoms with Crippen LogP contribution in [0.4, 0.5) is 17.1 Å². The molecular formula is C47H36N2. The average Bonchev–Trinajstić information content (AvgIpc) is 3.52. The van der Waals surface area contributed by atoms with Crippen molar-refractivity contribution in [3.05, 3.63) is 187 Å². The van der Waals surface area contributed by atoms with E-state index in [2.05, 4.69) is 198 Å². The molecule has 7 aromatic carbocycles. The molecule has 1 aliphatic rings. The average molecular weight is 629 g/mol. The van der Waals surface area contributed by atoms with E-state index in [0.29, 0.717) is 5.92 Å². The Balaban J connectivity index is 1.17. The van der Waals surface area contributed by atoms with Gasteiger partial charge in [-0.15, -0.1) is 0 Å². The van der Waals surface area contributed by atoms with Gasteiger partial charge in [0.15, 0.2) is 0 Å². The third-order valence-corrected chi connectivity index (χ3v) is 9.96. The number of fused-ring (bicyclic) bond motifs is 4. The topological polar surface area (TPSA) is 8.17 Å². The number of hydrogen-bond donors (Lipinski definition) is 0. The first kappa shape index (κ1) is 29.1. The minimum atomic E-state index is 0.438. The van der Waals surface area contributed by atoms with Gasteiger partial charge in [0.2, 0.25) is 0 Å². The molecule has 0 saturated heterocycles. The van der Waals surface area contributed by atoms with Crippen LogP contribution >= 0.6 is 0 Å². The fourth-order valence-electron chi connectivity index (χ4n) is 7.68. The van der Waals surface area contributed by atoms with Gasteiger partial charge in [-0.2, -0.15) is 0 Å². The predicted molar refractivity (Wildman–Crippen MR) is 208 cm³/mol. The predicted octanol–water partition coefficient (Wildman–Crippen LogP) is 13.1. The Labute approximate surface area is 287 Å².